The summed E-state index contributed by atoms with van der Waals surface area (Å²) in [6.07, 6.45) is 1.99. The van der Waals surface area contributed by atoms with E-state index in [9.17, 15) is 4.79 Å². The summed E-state index contributed by atoms with van der Waals surface area (Å²) in [4.78, 5) is 18.0. The monoisotopic (exact) mass is 383 g/mol. The highest BCUT2D eigenvalue weighted by Crippen LogP contribution is 2.28. The molecule has 4 heteroatoms. The summed E-state index contributed by atoms with van der Waals surface area (Å²) in [5, 5.41) is 0. The number of nitrogens with one attached hydrogen (secondary N) is 1. The summed E-state index contributed by atoms with van der Waals surface area (Å²) in [7, 11) is 0. The fourth-order valence-electron chi connectivity index (χ4n) is 4.57. The molecule has 146 valence electrons. The lowest BCUT2D eigenvalue weighted by atomic mass is 9.98. The van der Waals surface area contributed by atoms with E-state index in [4.69, 9.17) is 0 Å². The third-order valence-electron chi connectivity index (χ3n) is 6.04. The van der Waals surface area contributed by atoms with Gasteiger partial charge in [-0.2, -0.15) is 0 Å². The second kappa shape index (κ2) is 7.72. The first kappa shape index (κ1) is 18.0. The topological polar surface area (TPSA) is 41.0 Å². The average Bonchev–Trinajstić information content (AvgIpc) is 3.11. The number of hydrogen-bond acceptors (Lipinski definition) is 2. The van der Waals surface area contributed by atoms with Crippen LogP contribution in [0.1, 0.15) is 24.4 Å². The van der Waals surface area contributed by atoms with Gasteiger partial charge in [0.1, 0.15) is 0 Å². The fraction of sp³-hybridized carbons (Fsp3) is 0.240. The van der Waals surface area contributed by atoms with Crippen molar-refractivity contribution in [3.05, 3.63) is 94.9 Å². The summed E-state index contributed by atoms with van der Waals surface area (Å²) >= 11 is 0. The van der Waals surface area contributed by atoms with E-state index in [1.807, 2.05) is 28.8 Å². The van der Waals surface area contributed by atoms with Crippen LogP contribution in [0.25, 0.3) is 22.2 Å². The number of rotatable bonds is 4. The third kappa shape index (κ3) is 3.52. The first-order valence-electron chi connectivity index (χ1n) is 10.3. The summed E-state index contributed by atoms with van der Waals surface area (Å²) in [6, 6.07) is 27.5. The number of aromatic nitrogens is 2. The Bertz CT molecular complexity index is 1170. The van der Waals surface area contributed by atoms with E-state index in [-0.39, 0.29) is 11.7 Å². The smallest absolute Gasteiger partial charge is 0.306 e. The van der Waals surface area contributed by atoms with Crippen molar-refractivity contribution in [2.75, 3.05) is 13.1 Å². The molecule has 1 aliphatic heterocycles. The number of para-hydroxylation sites is 2. The van der Waals surface area contributed by atoms with Crippen LogP contribution >= 0.6 is 0 Å². The van der Waals surface area contributed by atoms with Gasteiger partial charge in [-0.3, -0.25) is 9.47 Å². The maximum atomic E-state index is 12.5. The Morgan fingerprint density at radius 2 is 1.52 bits per heavy atom. The fourth-order valence-corrected chi connectivity index (χ4v) is 4.57. The number of H-pyrrole nitrogens is 1. The first-order chi connectivity index (χ1) is 14.3. The number of fused-ring (bicyclic) bond motifs is 1. The van der Waals surface area contributed by atoms with Crippen LogP contribution in [-0.2, 0) is 6.54 Å². The standard InChI is InChI=1S/C25H25N3O/c29-25-26-23-12-6-7-13-24(23)28(25)21-14-16-27(17-15-21)18-20-10-4-5-11-22(20)19-8-2-1-3-9-19/h1-13,21H,14-18H2,(H,26,29). The molecule has 5 rings (SSSR count). The summed E-state index contributed by atoms with van der Waals surface area (Å²) in [5.41, 5.74) is 5.90. The molecule has 4 nitrogen and oxygen atoms in total. The van der Waals surface area contributed by atoms with E-state index in [2.05, 4.69) is 64.5 Å². The highest BCUT2D eigenvalue weighted by Gasteiger charge is 2.24. The van der Waals surface area contributed by atoms with Crippen molar-refractivity contribution in [3.63, 3.8) is 0 Å². The molecule has 1 fully saturated rings. The molecule has 29 heavy (non-hydrogen) atoms. The van der Waals surface area contributed by atoms with Crippen LogP contribution in [0.15, 0.2) is 83.7 Å². The second-order valence-electron chi connectivity index (χ2n) is 7.85. The number of likely N-dealkylation sites (tertiary alicyclic amines) is 1. The van der Waals surface area contributed by atoms with Gasteiger partial charge >= 0.3 is 5.69 Å². The van der Waals surface area contributed by atoms with Crippen molar-refractivity contribution in [2.45, 2.75) is 25.4 Å². The van der Waals surface area contributed by atoms with Crippen molar-refractivity contribution >= 4 is 11.0 Å². The Labute approximate surface area is 170 Å². The zero-order valence-corrected chi connectivity index (χ0v) is 16.4. The molecule has 0 bridgehead atoms. The molecule has 0 saturated carbocycles. The van der Waals surface area contributed by atoms with Gasteiger partial charge in [-0.1, -0.05) is 66.7 Å². The largest absolute Gasteiger partial charge is 0.326 e. The highest BCUT2D eigenvalue weighted by molar-refractivity contribution is 5.75. The van der Waals surface area contributed by atoms with Crippen molar-refractivity contribution in [3.8, 4) is 11.1 Å². The van der Waals surface area contributed by atoms with Crippen LogP contribution in [0.4, 0.5) is 0 Å². The molecule has 0 aliphatic carbocycles. The van der Waals surface area contributed by atoms with Crippen LogP contribution in [-0.4, -0.2) is 27.5 Å². The Kier molecular flexibility index (Phi) is 4.78. The molecule has 0 spiro atoms. The molecule has 0 unspecified atom stereocenters. The normalized spacial score (nSPS) is 15.7. The SMILES string of the molecule is O=c1[nH]c2ccccc2n1C1CCN(Cc2ccccc2-c2ccccc2)CC1. The van der Waals surface area contributed by atoms with Gasteiger partial charge < -0.3 is 4.98 Å². The van der Waals surface area contributed by atoms with E-state index < -0.39 is 0 Å². The first-order valence-corrected chi connectivity index (χ1v) is 10.3. The number of piperidine rings is 1. The minimum Gasteiger partial charge on any atom is -0.306 e. The van der Waals surface area contributed by atoms with Gasteiger partial charge in [0, 0.05) is 25.7 Å². The minimum absolute atomic E-state index is 0.0130. The Balaban J connectivity index is 1.32. The Hall–Kier alpha value is -3.11. The number of imidazole rings is 1. The van der Waals surface area contributed by atoms with Crippen LogP contribution in [0, 0.1) is 0 Å². The predicted octanol–water partition coefficient (Wildman–Crippen LogP) is 4.83. The predicted molar refractivity (Wildman–Crippen MR) is 118 cm³/mol. The van der Waals surface area contributed by atoms with Crippen LogP contribution in [0.2, 0.25) is 0 Å². The van der Waals surface area contributed by atoms with E-state index in [1.54, 1.807) is 0 Å². The van der Waals surface area contributed by atoms with Gasteiger partial charge in [0.05, 0.1) is 11.0 Å². The molecule has 3 aromatic carbocycles. The van der Waals surface area contributed by atoms with Gasteiger partial charge in [0.25, 0.3) is 0 Å². The van der Waals surface area contributed by atoms with Gasteiger partial charge in [0.15, 0.2) is 0 Å². The van der Waals surface area contributed by atoms with Crippen LogP contribution in [0.3, 0.4) is 0 Å². The zero-order chi connectivity index (χ0) is 19.6. The zero-order valence-electron chi connectivity index (χ0n) is 16.4. The molecule has 0 amide bonds. The molecular weight excluding hydrogens is 358 g/mol. The molecule has 1 saturated heterocycles. The molecule has 4 aromatic rings. The molecular formula is C25H25N3O. The van der Waals surface area contributed by atoms with Gasteiger partial charge in [-0.25, -0.2) is 4.79 Å². The van der Waals surface area contributed by atoms with E-state index in [1.165, 1.54) is 16.7 Å². The summed E-state index contributed by atoms with van der Waals surface area (Å²) in [6.45, 7) is 2.94. The van der Waals surface area contributed by atoms with Gasteiger partial charge in [-0.15, -0.1) is 0 Å². The second-order valence-corrected chi connectivity index (χ2v) is 7.85. The van der Waals surface area contributed by atoms with Gasteiger partial charge in [0.2, 0.25) is 0 Å². The minimum atomic E-state index is 0.0130. The van der Waals surface area contributed by atoms with Crippen LogP contribution in [0.5, 0.6) is 0 Å². The molecule has 1 N–H and O–H groups in total. The molecule has 2 heterocycles. The van der Waals surface area contributed by atoms with E-state index in [0.717, 1.165) is 43.5 Å². The number of benzene rings is 3. The number of nitrogens with zero attached hydrogens (tertiary/aromatic N) is 2. The maximum Gasteiger partial charge on any atom is 0.326 e. The number of aromatic amines is 1. The highest BCUT2D eigenvalue weighted by atomic mass is 16.1. The average molecular weight is 383 g/mol. The van der Waals surface area contributed by atoms with Gasteiger partial charge in [-0.05, 0) is 41.7 Å². The third-order valence-corrected chi connectivity index (χ3v) is 6.04. The van der Waals surface area contributed by atoms with Crippen molar-refractivity contribution < 1.29 is 0 Å². The lowest BCUT2D eigenvalue weighted by molar-refractivity contribution is 0.180. The van der Waals surface area contributed by atoms with E-state index in [0.29, 0.717) is 0 Å². The Morgan fingerprint density at radius 3 is 2.34 bits per heavy atom. The Morgan fingerprint density at radius 1 is 0.828 bits per heavy atom. The number of hydrogen-bond donors (Lipinski definition) is 1. The van der Waals surface area contributed by atoms with Crippen molar-refractivity contribution in [1.82, 2.24) is 14.5 Å². The lowest BCUT2D eigenvalue weighted by Gasteiger charge is -2.33. The quantitative estimate of drug-likeness (QED) is 0.548. The van der Waals surface area contributed by atoms with Crippen molar-refractivity contribution in [2.24, 2.45) is 0 Å². The molecule has 0 atom stereocenters. The maximum absolute atomic E-state index is 12.5. The summed E-state index contributed by atoms with van der Waals surface area (Å²) < 4.78 is 1.96. The summed E-state index contributed by atoms with van der Waals surface area (Å²) in [5.74, 6) is 0. The van der Waals surface area contributed by atoms with Crippen LogP contribution < -0.4 is 5.69 Å². The molecule has 1 aliphatic rings. The molecule has 1 aromatic heterocycles. The van der Waals surface area contributed by atoms with E-state index >= 15 is 0 Å². The molecule has 0 radical (unpaired) electrons. The lowest BCUT2D eigenvalue weighted by Crippen LogP contribution is -2.36. The van der Waals surface area contributed by atoms with Crippen molar-refractivity contribution in [1.29, 1.82) is 0 Å².